The minimum absolute atomic E-state index is 0.0306. The molecule has 1 aliphatic heterocycles. The first kappa shape index (κ1) is 14.5. The van der Waals surface area contributed by atoms with Crippen LogP contribution in [0.2, 0.25) is 5.02 Å². The van der Waals surface area contributed by atoms with Gasteiger partial charge in [-0.15, -0.1) is 0 Å². The second-order valence-corrected chi connectivity index (χ2v) is 5.26. The lowest BCUT2D eigenvalue weighted by Gasteiger charge is -2.24. The number of nitrogens with one attached hydrogen (secondary N) is 1. The summed E-state index contributed by atoms with van der Waals surface area (Å²) in [4.78, 5) is 0. The molecule has 0 bridgehead atoms. The van der Waals surface area contributed by atoms with E-state index in [2.05, 4.69) is 5.32 Å². The van der Waals surface area contributed by atoms with Gasteiger partial charge in [-0.2, -0.15) is 13.2 Å². The van der Waals surface area contributed by atoms with Gasteiger partial charge in [-0.3, -0.25) is 0 Å². The molecule has 1 aliphatic rings. The Hall–Kier alpha value is -0.940. The Kier molecular flexibility index (Phi) is 4.26. The molecule has 19 heavy (non-hydrogen) atoms. The van der Waals surface area contributed by atoms with Crippen LogP contribution in [0.3, 0.4) is 0 Å². The largest absolute Gasteiger partial charge is 0.506 e. The maximum atomic E-state index is 12.9. The zero-order valence-corrected chi connectivity index (χ0v) is 11.0. The predicted molar refractivity (Wildman–Crippen MR) is 67.4 cm³/mol. The van der Waals surface area contributed by atoms with Crippen molar-refractivity contribution in [3.63, 3.8) is 0 Å². The molecule has 0 radical (unpaired) electrons. The molecule has 1 saturated heterocycles. The number of hydrogen-bond donors (Lipinski definition) is 2. The van der Waals surface area contributed by atoms with Crippen molar-refractivity contribution in [1.82, 2.24) is 5.32 Å². The molecule has 0 amide bonds. The Balaban J connectivity index is 2.29. The number of rotatable bonds is 2. The van der Waals surface area contributed by atoms with Gasteiger partial charge in [-0.25, -0.2) is 0 Å². The van der Waals surface area contributed by atoms with Crippen LogP contribution in [0, 0.1) is 5.92 Å². The first-order chi connectivity index (χ1) is 8.88. The van der Waals surface area contributed by atoms with Crippen molar-refractivity contribution in [1.29, 1.82) is 0 Å². The summed E-state index contributed by atoms with van der Waals surface area (Å²) in [5, 5.41) is 12.5. The van der Waals surface area contributed by atoms with Gasteiger partial charge in [0.1, 0.15) is 5.75 Å². The molecule has 1 aromatic rings. The number of halogens is 4. The van der Waals surface area contributed by atoms with Gasteiger partial charge in [-0.1, -0.05) is 11.6 Å². The molecule has 1 fully saturated rings. The van der Waals surface area contributed by atoms with E-state index >= 15 is 0 Å². The molecule has 0 atom stereocenters. The molecular weight excluding hydrogens is 279 g/mol. The van der Waals surface area contributed by atoms with Gasteiger partial charge in [-0.05, 0) is 56.0 Å². The van der Waals surface area contributed by atoms with Gasteiger partial charge in [0, 0.05) is 0 Å². The van der Waals surface area contributed by atoms with Gasteiger partial charge in [0.25, 0.3) is 0 Å². The maximum Gasteiger partial charge on any atom is 0.416 e. The molecule has 2 nitrogen and oxygen atoms in total. The molecule has 0 aromatic heterocycles. The van der Waals surface area contributed by atoms with E-state index in [9.17, 15) is 18.3 Å². The molecule has 6 heteroatoms. The van der Waals surface area contributed by atoms with Crippen LogP contribution in [-0.2, 0) is 12.6 Å². The Morgan fingerprint density at radius 1 is 1.26 bits per heavy atom. The number of piperidine rings is 1. The Morgan fingerprint density at radius 2 is 1.89 bits per heavy atom. The van der Waals surface area contributed by atoms with Crippen LogP contribution < -0.4 is 5.32 Å². The molecule has 1 heterocycles. The van der Waals surface area contributed by atoms with Crippen molar-refractivity contribution >= 4 is 11.6 Å². The summed E-state index contributed by atoms with van der Waals surface area (Å²) < 4.78 is 38.8. The van der Waals surface area contributed by atoms with Crippen LogP contribution in [0.25, 0.3) is 0 Å². The SMILES string of the molecule is Oc1cc(C(F)(F)F)c(CC2CCNCC2)cc1Cl. The molecule has 0 aliphatic carbocycles. The fourth-order valence-corrected chi connectivity index (χ4v) is 2.62. The molecule has 106 valence electrons. The van der Waals surface area contributed by atoms with Crippen molar-refractivity contribution in [2.45, 2.75) is 25.4 Å². The second kappa shape index (κ2) is 5.59. The quantitative estimate of drug-likeness (QED) is 0.873. The van der Waals surface area contributed by atoms with E-state index in [-0.39, 0.29) is 16.5 Å². The summed E-state index contributed by atoms with van der Waals surface area (Å²) >= 11 is 5.72. The molecule has 2 rings (SSSR count). The molecule has 0 spiro atoms. The van der Waals surface area contributed by atoms with E-state index in [1.54, 1.807) is 0 Å². The minimum atomic E-state index is -4.47. The van der Waals surface area contributed by atoms with Crippen LogP contribution in [0.4, 0.5) is 13.2 Å². The van der Waals surface area contributed by atoms with Crippen molar-refractivity contribution in [3.05, 3.63) is 28.3 Å². The minimum Gasteiger partial charge on any atom is -0.506 e. The third-order valence-corrected chi connectivity index (χ3v) is 3.75. The number of hydrogen-bond acceptors (Lipinski definition) is 2. The number of phenols is 1. The van der Waals surface area contributed by atoms with E-state index in [4.69, 9.17) is 11.6 Å². The average Bonchev–Trinajstić information content (AvgIpc) is 2.33. The lowest BCUT2D eigenvalue weighted by molar-refractivity contribution is -0.138. The standard InChI is InChI=1S/C13H15ClF3NO/c14-11-6-9(5-8-1-3-18-4-2-8)10(7-12(11)19)13(15,16)17/h6-8,18-19H,1-5H2. The highest BCUT2D eigenvalue weighted by Gasteiger charge is 2.34. The van der Waals surface area contributed by atoms with Crippen molar-refractivity contribution in [2.24, 2.45) is 5.92 Å². The summed E-state index contributed by atoms with van der Waals surface area (Å²) in [5.74, 6) is -0.300. The van der Waals surface area contributed by atoms with E-state index in [1.807, 2.05) is 0 Å². The summed E-state index contributed by atoms with van der Waals surface area (Å²) in [5.41, 5.74) is -0.616. The van der Waals surface area contributed by atoms with Crippen LogP contribution >= 0.6 is 11.6 Å². The fourth-order valence-electron chi connectivity index (χ4n) is 2.43. The van der Waals surface area contributed by atoms with Gasteiger partial charge < -0.3 is 10.4 Å². The molecule has 0 unspecified atom stereocenters. The normalized spacial score (nSPS) is 17.7. The smallest absolute Gasteiger partial charge is 0.416 e. The first-order valence-corrected chi connectivity index (χ1v) is 6.55. The van der Waals surface area contributed by atoms with Gasteiger partial charge in [0.05, 0.1) is 10.6 Å². The fraction of sp³-hybridized carbons (Fsp3) is 0.538. The monoisotopic (exact) mass is 293 g/mol. The molecule has 2 N–H and O–H groups in total. The highest BCUT2D eigenvalue weighted by Crippen LogP contribution is 2.38. The number of benzene rings is 1. The summed E-state index contributed by atoms with van der Waals surface area (Å²) in [6.07, 6.45) is -2.41. The third kappa shape index (κ3) is 3.54. The Morgan fingerprint density at radius 3 is 2.47 bits per heavy atom. The van der Waals surface area contributed by atoms with Gasteiger partial charge in [0.2, 0.25) is 0 Å². The maximum absolute atomic E-state index is 12.9. The Bertz CT molecular complexity index is 456. The number of alkyl halides is 3. The van der Waals surface area contributed by atoms with E-state index in [0.717, 1.165) is 32.0 Å². The van der Waals surface area contributed by atoms with Crippen molar-refractivity contribution in [3.8, 4) is 5.75 Å². The number of aromatic hydroxyl groups is 1. The highest BCUT2D eigenvalue weighted by molar-refractivity contribution is 6.32. The average molecular weight is 294 g/mol. The van der Waals surface area contributed by atoms with Gasteiger partial charge >= 0.3 is 6.18 Å². The molecule has 1 aromatic carbocycles. The van der Waals surface area contributed by atoms with Gasteiger partial charge in [0.15, 0.2) is 0 Å². The lowest BCUT2D eigenvalue weighted by atomic mass is 9.89. The van der Waals surface area contributed by atoms with E-state index < -0.39 is 17.5 Å². The van der Waals surface area contributed by atoms with E-state index in [0.29, 0.717) is 6.42 Å². The number of phenolic OH excluding ortho intramolecular Hbond substituents is 1. The lowest BCUT2D eigenvalue weighted by Crippen LogP contribution is -2.29. The predicted octanol–water partition coefficient (Wildman–Crippen LogP) is 3.61. The van der Waals surface area contributed by atoms with Crippen LogP contribution in [0.1, 0.15) is 24.0 Å². The summed E-state index contributed by atoms with van der Waals surface area (Å²) in [6.45, 7) is 1.66. The highest BCUT2D eigenvalue weighted by atomic mass is 35.5. The molecular formula is C13H15ClF3NO. The van der Waals surface area contributed by atoms with E-state index in [1.165, 1.54) is 6.07 Å². The second-order valence-electron chi connectivity index (χ2n) is 4.86. The first-order valence-electron chi connectivity index (χ1n) is 6.17. The zero-order chi connectivity index (χ0) is 14.0. The van der Waals surface area contributed by atoms with Crippen LogP contribution in [0.5, 0.6) is 5.75 Å². The Labute approximate surface area is 114 Å². The summed E-state index contributed by atoms with van der Waals surface area (Å²) in [7, 11) is 0. The van der Waals surface area contributed by atoms with Crippen molar-refractivity contribution < 1.29 is 18.3 Å². The topological polar surface area (TPSA) is 32.3 Å². The van der Waals surface area contributed by atoms with Crippen molar-refractivity contribution in [2.75, 3.05) is 13.1 Å². The van der Waals surface area contributed by atoms with Crippen LogP contribution in [0.15, 0.2) is 12.1 Å². The zero-order valence-electron chi connectivity index (χ0n) is 10.2. The molecule has 0 saturated carbocycles. The third-order valence-electron chi connectivity index (χ3n) is 3.45. The summed E-state index contributed by atoms with van der Waals surface area (Å²) in [6, 6.07) is 1.96. The van der Waals surface area contributed by atoms with Crippen LogP contribution in [-0.4, -0.2) is 18.2 Å².